The zero-order chi connectivity index (χ0) is 14.0. The number of thiophene rings is 1. The molecular weight excluding hydrogens is 363 g/mol. The van der Waals surface area contributed by atoms with Crippen LogP contribution >= 0.6 is 38.9 Å². The molecule has 0 amide bonds. The summed E-state index contributed by atoms with van der Waals surface area (Å²) in [5.41, 5.74) is -0.443. The SMILES string of the molecule is FC(F)(F)c1ccc(Cl)c(NCc2sccc2Br)c1. The predicted octanol–water partition coefficient (Wildman–Crippen LogP) is 5.79. The van der Waals surface area contributed by atoms with Gasteiger partial charge in [-0.05, 0) is 45.6 Å². The largest absolute Gasteiger partial charge is 0.416 e. The van der Waals surface area contributed by atoms with Gasteiger partial charge in [-0.1, -0.05) is 11.6 Å². The minimum atomic E-state index is -4.37. The molecule has 1 N–H and O–H groups in total. The molecule has 1 heterocycles. The molecule has 19 heavy (non-hydrogen) atoms. The molecule has 0 fully saturated rings. The second kappa shape index (κ2) is 5.73. The lowest BCUT2D eigenvalue weighted by molar-refractivity contribution is -0.137. The first kappa shape index (κ1) is 14.7. The molecule has 0 aliphatic carbocycles. The van der Waals surface area contributed by atoms with Crippen LogP contribution in [0.1, 0.15) is 10.4 Å². The van der Waals surface area contributed by atoms with Crippen LogP contribution < -0.4 is 5.32 Å². The van der Waals surface area contributed by atoms with Crippen molar-refractivity contribution in [1.29, 1.82) is 0 Å². The molecule has 0 unspecified atom stereocenters. The topological polar surface area (TPSA) is 12.0 Å². The monoisotopic (exact) mass is 369 g/mol. The quantitative estimate of drug-likeness (QED) is 0.720. The Morgan fingerprint density at radius 1 is 1.26 bits per heavy atom. The lowest BCUT2D eigenvalue weighted by Crippen LogP contribution is -2.06. The van der Waals surface area contributed by atoms with Gasteiger partial charge in [0.05, 0.1) is 22.8 Å². The fourth-order valence-electron chi connectivity index (χ4n) is 1.46. The van der Waals surface area contributed by atoms with E-state index in [0.717, 1.165) is 21.5 Å². The summed E-state index contributed by atoms with van der Waals surface area (Å²) in [7, 11) is 0. The number of benzene rings is 1. The Balaban J connectivity index is 2.18. The summed E-state index contributed by atoms with van der Waals surface area (Å²) in [5, 5.41) is 5.08. The average Bonchev–Trinajstić information content (AvgIpc) is 2.72. The number of hydrogen-bond donors (Lipinski definition) is 1. The maximum absolute atomic E-state index is 12.6. The summed E-state index contributed by atoms with van der Waals surface area (Å²) >= 11 is 10.8. The van der Waals surface area contributed by atoms with Crippen molar-refractivity contribution in [3.8, 4) is 0 Å². The summed E-state index contributed by atoms with van der Waals surface area (Å²) in [5.74, 6) is 0. The van der Waals surface area contributed by atoms with E-state index >= 15 is 0 Å². The van der Waals surface area contributed by atoms with Crippen molar-refractivity contribution in [2.75, 3.05) is 5.32 Å². The fraction of sp³-hybridized carbons (Fsp3) is 0.167. The van der Waals surface area contributed by atoms with Crippen LogP contribution in [0, 0.1) is 0 Å². The van der Waals surface area contributed by atoms with Crippen molar-refractivity contribution in [2.45, 2.75) is 12.7 Å². The highest BCUT2D eigenvalue weighted by atomic mass is 79.9. The van der Waals surface area contributed by atoms with Gasteiger partial charge in [0.1, 0.15) is 0 Å². The first-order valence-corrected chi connectivity index (χ1v) is 7.25. The molecule has 1 aromatic heterocycles. The van der Waals surface area contributed by atoms with E-state index in [1.165, 1.54) is 17.4 Å². The zero-order valence-corrected chi connectivity index (χ0v) is 12.6. The molecule has 2 aromatic rings. The van der Waals surface area contributed by atoms with E-state index in [1.54, 1.807) is 0 Å². The van der Waals surface area contributed by atoms with Gasteiger partial charge in [0.15, 0.2) is 0 Å². The Morgan fingerprint density at radius 2 is 2.00 bits per heavy atom. The summed E-state index contributed by atoms with van der Waals surface area (Å²) in [4.78, 5) is 0.994. The van der Waals surface area contributed by atoms with Crippen LogP contribution in [0.2, 0.25) is 5.02 Å². The Labute approximate surface area is 125 Å². The first-order chi connectivity index (χ1) is 8.88. The first-order valence-electron chi connectivity index (χ1n) is 5.20. The van der Waals surface area contributed by atoms with Gasteiger partial charge < -0.3 is 5.32 Å². The number of nitrogens with one attached hydrogen (secondary N) is 1. The molecular formula is C12H8BrClF3NS. The molecule has 7 heteroatoms. The van der Waals surface area contributed by atoms with Gasteiger partial charge >= 0.3 is 6.18 Å². The Hall–Kier alpha value is -0.720. The number of rotatable bonds is 3. The average molecular weight is 371 g/mol. The van der Waals surface area contributed by atoms with Crippen LogP contribution in [0.4, 0.5) is 18.9 Å². The third kappa shape index (κ3) is 3.64. The van der Waals surface area contributed by atoms with E-state index in [9.17, 15) is 13.2 Å². The molecule has 2 rings (SSSR count). The molecule has 0 aliphatic heterocycles. The molecule has 0 saturated carbocycles. The Morgan fingerprint density at radius 3 is 2.58 bits per heavy atom. The minimum absolute atomic E-state index is 0.265. The van der Waals surface area contributed by atoms with Crippen LogP contribution in [0.25, 0.3) is 0 Å². The van der Waals surface area contributed by atoms with Crippen molar-refractivity contribution < 1.29 is 13.2 Å². The van der Waals surface area contributed by atoms with Crippen molar-refractivity contribution in [2.24, 2.45) is 0 Å². The highest BCUT2D eigenvalue weighted by Gasteiger charge is 2.30. The van der Waals surface area contributed by atoms with Crippen LogP contribution in [-0.2, 0) is 12.7 Å². The maximum atomic E-state index is 12.6. The third-order valence-electron chi connectivity index (χ3n) is 2.42. The second-order valence-electron chi connectivity index (χ2n) is 3.74. The predicted molar refractivity (Wildman–Crippen MR) is 75.8 cm³/mol. The molecule has 0 aliphatic rings. The Kier molecular flexibility index (Phi) is 4.43. The Bertz CT molecular complexity index is 583. The standard InChI is InChI=1S/C12H8BrClF3NS/c13-8-3-4-19-11(8)6-18-10-5-7(12(15,16)17)1-2-9(10)14/h1-5,18H,6H2. The van der Waals surface area contributed by atoms with E-state index in [4.69, 9.17) is 11.6 Å². The summed E-state index contributed by atoms with van der Waals surface area (Å²) in [6.07, 6.45) is -4.37. The summed E-state index contributed by atoms with van der Waals surface area (Å²) < 4.78 is 38.7. The lowest BCUT2D eigenvalue weighted by Gasteiger charge is -2.12. The highest BCUT2D eigenvalue weighted by molar-refractivity contribution is 9.10. The van der Waals surface area contributed by atoms with Crippen molar-refractivity contribution >= 4 is 44.6 Å². The fourth-order valence-corrected chi connectivity index (χ4v) is 3.08. The van der Waals surface area contributed by atoms with E-state index < -0.39 is 11.7 Å². The van der Waals surface area contributed by atoms with Crippen LogP contribution in [-0.4, -0.2) is 0 Å². The van der Waals surface area contributed by atoms with Gasteiger partial charge in [-0.15, -0.1) is 11.3 Å². The van der Waals surface area contributed by atoms with Gasteiger partial charge in [-0.3, -0.25) is 0 Å². The second-order valence-corrected chi connectivity index (χ2v) is 6.00. The molecule has 102 valence electrons. The van der Waals surface area contributed by atoms with E-state index in [0.29, 0.717) is 6.54 Å². The normalized spacial score (nSPS) is 11.6. The van der Waals surface area contributed by atoms with E-state index in [-0.39, 0.29) is 10.7 Å². The summed E-state index contributed by atoms with van der Waals surface area (Å²) in [6.45, 7) is 0.416. The molecule has 0 bridgehead atoms. The zero-order valence-electron chi connectivity index (χ0n) is 9.39. The molecule has 0 saturated heterocycles. The van der Waals surface area contributed by atoms with Gasteiger partial charge in [0, 0.05) is 9.35 Å². The highest BCUT2D eigenvalue weighted by Crippen LogP contribution is 2.34. The van der Waals surface area contributed by atoms with Gasteiger partial charge in [-0.2, -0.15) is 13.2 Å². The number of alkyl halides is 3. The number of hydrogen-bond acceptors (Lipinski definition) is 2. The third-order valence-corrected chi connectivity index (χ3v) is 4.68. The molecule has 0 spiro atoms. The van der Waals surface area contributed by atoms with Crippen molar-refractivity contribution in [3.63, 3.8) is 0 Å². The van der Waals surface area contributed by atoms with E-state index in [2.05, 4.69) is 21.2 Å². The molecule has 0 atom stereocenters. The molecule has 1 aromatic carbocycles. The minimum Gasteiger partial charge on any atom is -0.379 e. The van der Waals surface area contributed by atoms with Gasteiger partial charge in [0.2, 0.25) is 0 Å². The smallest absolute Gasteiger partial charge is 0.379 e. The van der Waals surface area contributed by atoms with Crippen molar-refractivity contribution in [1.82, 2.24) is 0 Å². The molecule has 0 radical (unpaired) electrons. The number of halogens is 5. The number of anilines is 1. The van der Waals surface area contributed by atoms with Crippen LogP contribution in [0.5, 0.6) is 0 Å². The van der Waals surface area contributed by atoms with Gasteiger partial charge in [0.25, 0.3) is 0 Å². The summed E-state index contributed by atoms with van der Waals surface area (Å²) in [6, 6.07) is 5.12. The van der Waals surface area contributed by atoms with Gasteiger partial charge in [-0.25, -0.2) is 0 Å². The van der Waals surface area contributed by atoms with Crippen LogP contribution in [0.15, 0.2) is 34.1 Å². The molecule has 1 nitrogen and oxygen atoms in total. The maximum Gasteiger partial charge on any atom is 0.416 e. The van der Waals surface area contributed by atoms with Crippen molar-refractivity contribution in [3.05, 3.63) is 49.6 Å². The van der Waals surface area contributed by atoms with Crippen LogP contribution in [0.3, 0.4) is 0 Å². The lowest BCUT2D eigenvalue weighted by atomic mass is 10.2. The van der Waals surface area contributed by atoms with E-state index in [1.807, 2.05) is 11.4 Å².